The third-order valence-corrected chi connectivity index (χ3v) is 3.85. The van der Waals surface area contributed by atoms with Gasteiger partial charge >= 0.3 is 0 Å². The Bertz CT molecular complexity index is 505. The predicted octanol–water partition coefficient (Wildman–Crippen LogP) is 1.83. The average molecular weight is 333 g/mol. The Labute approximate surface area is 135 Å². The van der Waals surface area contributed by atoms with Crippen LogP contribution in [0, 0.1) is 0 Å². The van der Waals surface area contributed by atoms with Crippen molar-refractivity contribution in [3.63, 3.8) is 0 Å². The largest absolute Gasteiger partial charge is 0.454 e. The number of halogens is 2. The van der Waals surface area contributed by atoms with Crippen LogP contribution < -0.4 is 9.47 Å². The SMILES string of the molecule is Cl.O=C(c1ccc2c(c1)OCO2)N1CCN(CCCl)CC1. The zero-order valence-electron chi connectivity index (χ0n) is 11.6. The molecule has 5 nitrogen and oxygen atoms in total. The fraction of sp³-hybridized carbons (Fsp3) is 0.500. The lowest BCUT2D eigenvalue weighted by atomic mass is 10.1. The van der Waals surface area contributed by atoms with Gasteiger partial charge in [-0.1, -0.05) is 0 Å². The van der Waals surface area contributed by atoms with Crippen LogP contribution >= 0.6 is 24.0 Å². The number of hydrogen-bond acceptors (Lipinski definition) is 4. The van der Waals surface area contributed by atoms with Gasteiger partial charge < -0.3 is 14.4 Å². The van der Waals surface area contributed by atoms with Gasteiger partial charge in [-0.25, -0.2) is 0 Å². The molecule has 1 saturated heterocycles. The summed E-state index contributed by atoms with van der Waals surface area (Å²) < 4.78 is 10.6. The summed E-state index contributed by atoms with van der Waals surface area (Å²) in [5, 5.41) is 0. The Morgan fingerprint density at radius 2 is 1.86 bits per heavy atom. The van der Waals surface area contributed by atoms with E-state index in [0.29, 0.717) is 22.9 Å². The number of amides is 1. The van der Waals surface area contributed by atoms with Crippen molar-refractivity contribution in [3.8, 4) is 11.5 Å². The number of benzene rings is 1. The van der Waals surface area contributed by atoms with Crippen molar-refractivity contribution in [1.29, 1.82) is 0 Å². The number of carbonyl (C=O) groups is 1. The molecule has 1 aromatic rings. The summed E-state index contributed by atoms with van der Waals surface area (Å²) in [5.41, 5.74) is 0.653. The third-order valence-electron chi connectivity index (χ3n) is 3.68. The Balaban J connectivity index is 0.00000161. The van der Waals surface area contributed by atoms with Crippen molar-refractivity contribution >= 4 is 29.9 Å². The Hall–Kier alpha value is -1.17. The minimum atomic E-state index is 0. The molecular weight excluding hydrogens is 315 g/mol. The highest BCUT2D eigenvalue weighted by molar-refractivity contribution is 6.18. The van der Waals surface area contributed by atoms with Gasteiger partial charge in [0.25, 0.3) is 5.91 Å². The van der Waals surface area contributed by atoms with E-state index in [1.54, 1.807) is 18.2 Å². The first-order valence-corrected chi connectivity index (χ1v) is 7.28. The second kappa shape index (κ2) is 7.20. The van der Waals surface area contributed by atoms with Crippen molar-refractivity contribution in [2.24, 2.45) is 0 Å². The highest BCUT2D eigenvalue weighted by atomic mass is 35.5. The van der Waals surface area contributed by atoms with Crippen LogP contribution in [0.15, 0.2) is 18.2 Å². The van der Waals surface area contributed by atoms with E-state index in [9.17, 15) is 4.79 Å². The molecule has 0 unspecified atom stereocenters. The van der Waals surface area contributed by atoms with Gasteiger partial charge in [0, 0.05) is 44.2 Å². The molecule has 0 spiro atoms. The molecule has 0 bridgehead atoms. The maximum Gasteiger partial charge on any atom is 0.254 e. The van der Waals surface area contributed by atoms with Crippen molar-refractivity contribution in [2.75, 3.05) is 45.4 Å². The quantitative estimate of drug-likeness (QED) is 0.792. The lowest BCUT2D eigenvalue weighted by molar-refractivity contribution is 0.0644. The van der Waals surface area contributed by atoms with Gasteiger partial charge in [0.2, 0.25) is 6.79 Å². The Morgan fingerprint density at radius 3 is 2.57 bits per heavy atom. The molecule has 0 atom stereocenters. The van der Waals surface area contributed by atoms with E-state index in [4.69, 9.17) is 21.1 Å². The summed E-state index contributed by atoms with van der Waals surface area (Å²) in [5.74, 6) is 2.04. The Morgan fingerprint density at radius 1 is 1.14 bits per heavy atom. The van der Waals surface area contributed by atoms with E-state index in [1.807, 2.05) is 4.90 Å². The second-order valence-electron chi connectivity index (χ2n) is 4.89. The number of carbonyl (C=O) groups excluding carboxylic acids is 1. The van der Waals surface area contributed by atoms with E-state index in [1.165, 1.54) is 0 Å². The summed E-state index contributed by atoms with van der Waals surface area (Å²) in [6.45, 7) is 4.35. The molecule has 0 radical (unpaired) electrons. The van der Waals surface area contributed by atoms with Gasteiger partial charge in [-0.2, -0.15) is 0 Å². The smallest absolute Gasteiger partial charge is 0.254 e. The highest BCUT2D eigenvalue weighted by Crippen LogP contribution is 2.32. The van der Waals surface area contributed by atoms with Crippen LogP contribution in [-0.4, -0.2) is 61.1 Å². The van der Waals surface area contributed by atoms with Gasteiger partial charge in [-0.05, 0) is 18.2 Å². The molecule has 1 aromatic carbocycles. The van der Waals surface area contributed by atoms with Crippen LogP contribution in [-0.2, 0) is 0 Å². The molecule has 116 valence electrons. The molecule has 21 heavy (non-hydrogen) atoms. The maximum absolute atomic E-state index is 12.4. The summed E-state index contributed by atoms with van der Waals surface area (Å²) >= 11 is 5.74. The van der Waals surface area contributed by atoms with Crippen molar-refractivity contribution in [3.05, 3.63) is 23.8 Å². The normalized spacial score (nSPS) is 17.5. The van der Waals surface area contributed by atoms with Gasteiger partial charge in [0.05, 0.1) is 0 Å². The fourth-order valence-corrected chi connectivity index (χ4v) is 2.75. The maximum atomic E-state index is 12.4. The number of fused-ring (bicyclic) bond motifs is 1. The topological polar surface area (TPSA) is 42.0 Å². The molecule has 0 saturated carbocycles. The van der Waals surface area contributed by atoms with Gasteiger partial charge in [-0.3, -0.25) is 9.69 Å². The van der Waals surface area contributed by atoms with Gasteiger partial charge in [-0.15, -0.1) is 24.0 Å². The monoisotopic (exact) mass is 332 g/mol. The summed E-state index contributed by atoms with van der Waals surface area (Å²) in [4.78, 5) is 16.6. The molecule has 1 fully saturated rings. The second-order valence-corrected chi connectivity index (χ2v) is 5.27. The van der Waals surface area contributed by atoms with E-state index in [-0.39, 0.29) is 25.1 Å². The zero-order valence-corrected chi connectivity index (χ0v) is 13.2. The third kappa shape index (κ3) is 3.54. The average Bonchev–Trinajstić information content (AvgIpc) is 2.95. The number of nitrogens with zero attached hydrogens (tertiary/aromatic N) is 2. The first-order valence-electron chi connectivity index (χ1n) is 6.75. The molecule has 2 aliphatic rings. The lowest BCUT2D eigenvalue weighted by Gasteiger charge is -2.34. The van der Waals surface area contributed by atoms with Gasteiger partial charge in [0.15, 0.2) is 11.5 Å². The molecule has 0 aliphatic carbocycles. The molecule has 2 aliphatic heterocycles. The highest BCUT2D eigenvalue weighted by Gasteiger charge is 2.23. The van der Waals surface area contributed by atoms with Crippen molar-refractivity contribution in [1.82, 2.24) is 9.80 Å². The van der Waals surface area contributed by atoms with Crippen LogP contribution in [0.25, 0.3) is 0 Å². The fourth-order valence-electron chi connectivity index (χ4n) is 2.51. The standard InChI is InChI=1S/C14H17ClN2O3.ClH/c15-3-4-16-5-7-17(8-6-16)14(18)11-1-2-12-13(9-11)20-10-19-12;/h1-2,9H,3-8,10H2;1H. The molecule has 2 heterocycles. The van der Waals surface area contributed by atoms with Crippen molar-refractivity contribution in [2.45, 2.75) is 0 Å². The van der Waals surface area contributed by atoms with E-state index in [2.05, 4.69) is 4.90 Å². The number of ether oxygens (including phenoxy) is 2. The van der Waals surface area contributed by atoms with E-state index >= 15 is 0 Å². The molecule has 0 aromatic heterocycles. The lowest BCUT2D eigenvalue weighted by Crippen LogP contribution is -2.49. The number of alkyl halides is 1. The number of piperazine rings is 1. The molecule has 0 N–H and O–H groups in total. The van der Waals surface area contributed by atoms with E-state index in [0.717, 1.165) is 32.7 Å². The molecular formula is C14H18Cl2N2O3. The van der Waals surface area contributed by atoms with Crippen LogP contribution in [0.2, 0.25) is 0 Å². The van der Waals surface area contributed by atoms with Crippen molar-refractivity contribution < 1.29 is 14.3 Å². The van der Waals surface area contributed by atoms with Crippen LogP contribution in [0.3, 0.4) is 0 Å². The predicted molar refractivity (Wildman–Crippen MR) is 82.9 cm³/mol. The molecule has 3 rings (SSSR count). The van der Waals surface area contributed by atoms with Crippen LogP contribution in [0.4, 0.5) is 0 Å². The number of hydrogen-bond donors (Lipinski definition) is 0. The number of rotatable bonds is 3. The Kier molecular flexibility index (Phi) is 5.56. The first-order chi connectivity index (χ1) is 9.78. The minimum absolute atomic E-state index is 0. The van der Waals surface area contributed by atoms with Crippen LogP contribution in [0.5, 0.6) is 11.5 Å². The molecule has 7 heteroatoms. The minimum Gasteiger partial charge on any atom is -0.454 e. The first kappa shape index (κ1) is 16.2. The summed E-state index contributed by atoms with van der Waals surface area (Å²) in [6.07, 6.45) is 0. The summed E-state index contributed by atoms with van der Waals surface area (Å²) in [6, 6.07) is 5.34. The zero-order chi connectivity index (χ0) is 13.9. The molecule has 1 amide bonds. The van der Waals surface area contributed by atoms with Crippen LogP contribution in [0.1, 0.15) is 10.4 Å². The summed E-state index contributed by atoms with van der Waals surface area (Å²) in [7, 11) is 0. The van der Waals surface area contributed by atoms with E-state index < -0.39 is 0 Å². The van der Waals surface area contributed by atoms with Gasteiger partial charge in [0.1, 0.15) is 0 Å².